The van der Waals surface area contributed by atoms with Crippen molar-refractivity contribution in [3.63, 3.8) is 0 Å². The lowest BCUT2D eigenvalue weighted by Crippen LogP contribution is -1.79. The molecule has 1 N–H and O–H groups in total. The number of hydrogen-bond donors (Lipinski definition) is 1. The smallest absolute Gasteiger partial charge is 0.133 e. The Balaban J connectivity index is 2.82. The summed E-state index contributed by atoms with van der Waals surface area (Å²) in [4.78, 5) is 7.97. The molecule has 0 fully saturated rings. The third kappa shape index (κ3) is 6.02. The van der Waals surface area contributed by atoms with Crippen LogP contribution in [0.4, 0.5) is 0 Å². The van der Waals surface area contributed by atoms with Gasteiger partial charge in [0.2, 0.25) is 0 Å². The molecule has 0 bridgehead atoms. The van der Waals surface area contributed by atoms with Crippen LogP contribution in [0, 0.1) is 0 Å². The third-order valence-corrected chi connectivity index (χ3v) is 0.809. The molecule has 0 heterocycles. The van der Waals surface area contributed by atoms with Gasteiger partial charge in [0.1, 0.15) is 6.61 Å². The molecule has 4 heteroatoms. The van der Waals surface area contributed by atoms with Gasteiger partial charge in [-0.05, 0) is 6.42 Å². The van der Waals surface area contributed by atoms with E-state index in [9.17, 15) is 4.57 Å². The molecule has 3 nitrogen and oxygen atoms in total. The van der Waals surface area contributed by atoms with Gasteiger partial charge in [-0.3, -0.25) is 0 Å². The summed E-state index contributed by atoms with van der Waals surface area (Å²) in [6.07, 6.45) is 0.779. The Kier molecular flexibility index (Phi) is 4.20. The van der Waals surface area contributed by atoms with E-state index in [1.54, 1.807) is 0 Å². The van der Waals surface area contributed by atoms with Gasteiger partial charge in [0.15, 0.2) is 0 Å². The van der Waals surface area contributed by atoms with Crippen LogP contribution in [0.25, 0.3) is 0 Å². The largest absolute Gasteiger partial charge is 0.694 e. The van der Waals surface area contributed by atoms with E-state index < -0.39 is 8.25 Å². The van der Waals surface area contributed by atoms with E-state index in [1.807, 2.05) is 6.92 Å². The average Bonchev–Trinajstić information content (AvgIpc) is 1.61. The van der Waals surface area contributed by atoms with Gasteiger partial charge >= 0.3 is 8.25 Å². The minimum Gasteiger partial charge on any atom is -0.133 e. The van der Waals surface area contributed by atoms with Gasteiger partial charge in [-0.25, -0.2) is 0 Å². The van der Waals surface area contributed by atoms with Crippen LogP contribution in [0.1, 0.15) is 13.3 Å². The van der Waals surface area contributed by atoms with Crippen molar-refractivity contribution in [2.24, 2.45) is 0 Å². The first-order valence-electron chi connectivity index (χ1n) is 2.06. The molecule has 0 aliphatic rings. The third-order valence-electron chi connectivity index (χ3n) is 0.406. The minimum absolute atomic E-state index is 0.367. The molecule has 0 aromatic carbocycles. The fraction of sp³-hybridized carbons (Fsp3) is 1.00. The summed E-state index contributed by atoms with van der Waals surface area (Å²) in [5.74, 6) is 0. The molecular formula is C3H8O3P+. The predicted molar refractivity (Wildman–Crippen MR) is 26.1 cm³/mol. The SMILES string of the molecule is CCCO[P+](=O)O. The van der Waals surface area contributed by atoms with Crippen molar-refractivity contribution in [1.82, 2.24) is 0 Å². The van der Waals surface area contributed by atoms with Crippen LogP contribution < -0.4 is 0 Å². The molecule has 0 radical (unpaired) electrons. The van der Waals surface area contributed by atoms with Crippen LogP contribution in [-0.2, 0) is 9.09 Å². The summed E-state index contributed by atoms with van der Waals surface area (Å²) in [6, 6.07) is 0. The molecular weight excluding hydrogens is 115 g/mol. The van der Waals surface area contributed by atoms with Gasteiger partial charge in [-0.15, -0.1) is 9.42 Å². The van der Waals surface area contributed by atoms with Gasteiger partial charge in [0.25, 0.3) is 0 Å². The molecule has 7 heavy (non-hydrogen) atoms. The summed E-state index contributed by atoms with van der Waals surface area (Å²) in [5, 5.41) is 0. The topological polar surface area (TPSA) is 46.5 Å². The molecule has 1 unspecified atom stereocenters. The second-order valence-corrected chi connectivity index (χ2v) is 1.80. The Hall–Kier alpha value is 0.0200. The molecule has 0 saturated carbocycles. The van der Waals surface area contributed by atoms with Crippen molar-refractivity contribution in [3.05, 3.63) is 0 Å². The summed E-state index contributed by atoms with van der Waals surface area (Å²) in [6.45, 7) is 2.24. The van der Waals surface area contributed by atoms with E-state index in [1.165, 1.54) is 0 Å². The minimum atomic E-state index is -2.36. The van der Waals surface area contributed by atoms with Crippen molar-refractivity contribution >= 4 is 8.25 Å². The van der Waals surface area contributed by atoms with E-state index in [0.29, 0.717) is 6.61 Å². The molecule has 0 aliphatic carbocycles. The Morgan fingerprint density at radius 1 is 1.86 bits per heavy atom. The average molecular weight is 123 g/mol. The second-order valence-electron chi connectivity index (χ2n) is 1.07. The maximum absolute atomic E-state index is 9.68. The molecule has 0 spiro atoms. The maximum atomic E-state index is 9.68. The Morgan fingerprint density at radius 3 is 2.57 bits per heavy atom. The summed E-state index contributed by atoms with van der Waals surface area (Å²) < 4.78 is 13.9. The van der Waals surface area contributed by atoms with Gasteiger partial charge in [0.05, 0.1) is 0 Å². The Bertz CT molecular complexity index is 63.2. The first-order chi connectivity index (χ1) is 3.27. The maximum Gasteiger partial charge on any atom is 0.694 e. The summed E-state index contributed by atoms with van der Waals surface area (Å²) >= 11 is 0. The van der Waals surface area contributed by atoms with Gasteiger partial charge < -0.3 is 0 Å². The lowest BCUT2D eigenvalue weighted by molar-refractivity contribution is 0.282. The standard InChI is InChI=1S/C3H7O3P/c1-2-3-6-7(4)5/h2-3H2,1H3/p+1. The van der Waals surface area contributed by atoms with Crippen molar-refractivity contribution in [1.29, 1.82) is 0 Å². The lowest BCUT2D eigenvalue weighted by atomic mass is 10.5. The molecule has 0 aromatic rings. The highest BCUT2D eigenvalue weighted by Gasteiger charge is 2.08. The zero-order valence-electron chi connectivity index (χ0n) is 4.13. The second kappa shape index (κ2) is 4.19. The van der Waals surface area contributed by atoms with Crippen LogP contribution in [0.5, 0.6) is 0 Å². The van der Waals surface area contributed by atoms with E-state index in [4.69, 9.17) is 4.89 Å². The Morgan fingerprint density at radius 2 is 2.43 bits per heavy atom. The first-order valence-corrected chi connectivity index (χ1v) is 3.19. The molecule has 1 atom stereocenters. The molecule has 0 amide bonds. The fourth-order valence-corrected chi connectivity index (χ4v) is 0.508. The number of hydrogen-bond acceptors (Lipinski definition) is 2. The predicted octanol–water partition coefficient (Wildman–Crippen LogP) is 1.06. The highest BCUT2D eigenvalue weighted by Crippen LogP contribution is 2.13. The first kappa shape index (κ1) is 7.02. The molecule has 0 saturated heterocycles. The van der Waals surface area contributed by atoms with E-state index in [-0.39, 0.29) is 0 Å². The summed E-state index contributed by atoms with van der Waals surface area (Å²) in [5.41, 5.74) is 0. The summed E-state index contributed by atoms with van der Waals surface area (Å²) in [7, 11) is -2.36. The van der Waals surface area contributed by atoms with Crippen molar-refractivity contribution in [2.45, 2.75) is 13.3 Å². The van der Waals surface area contributed by atoms with E-state index in [0.717, 1.165) is 6.42 Å². The van der Waals surface area contributed by atoms with Gasteiger partial charge in [0, 0.05) is 4.57 Å². The van der Waals surface area contributed by atoms with Gasteiger partial charge in [-0.1, -0.05) is 6.92 Å². The highest BCUT2D eigenvalue weighted by molar-refractivity contribution is 7.32. The Labute approximate surface area is 43.3 Å². The molecule has 42 valence electrons. The van der Waals surface area contributed by atoms with Crippen LogP contribution in [0.15, 0.2) is 0 Å². The zero-order valence-corrected chi connectivity index (χ0v) is 5.02. The van der Waals surface area contributed by atoms with Crippen molar-refractivity contribution in [3.8, 4) is 0 Å². The van der Waals surface area contributed by atoms with Crippen molar-refractivity contribution < 1.29 is 14.0 Å². The molecule has 0 aromatic heterocycles. The van der Waals surface area contributed by atoms with E-state index >= 15 is 0 Å². The quantitative estimate of drug-likeness (QED) is 0.571. The molecule has 0 rings (SSSR count). The van der Waals surface area contributed by atoms with Crippen LogP contribution in [0.2, 0.25) is 0 Å². The van der Waals surface area contributed by atoms with E-state index in [2.05, 4.69) is 4.52 Å². The highest BCUT2D eigenvalue weighted by atomic mass is 31.1. The van der Waals surface area contributed by atoms with Crippen LogP contribution in [0.3, 0.4) is 0 Å². The lowest BCUT2D eigenvalue weighted by Gasteiger charge is -1.76. The van der Waals surface area contributed by atoms with Crippen molar-refractivity contribution in [2.75, 3.05) is 6.61 Å². The monoisotopic (exact) mass is 123 g/mol. The van der Waals surface area contributed by atoms with Crippen LogP contribution >= 0.6 is 8.25 Å². The number of rotatable bonds is 3. The normalized spacial score (nSPS) is 11.4. The van der Waals surface area contributed by atoms with Crippen LogP contribution in [-0.4, -0.2) is 11.5 Å². The fourth-order valence-electron chi connectivity index (χ4n) is 0.169. The zero-order chi connectivity index (χ0) is 5.70. The molecule has 0 aliphatic heterocycles. The van der Waals surface area contributed by atoms with Gasteiger partial charge in [-0.2, -0.15) is 0 Å².